The molecule has 108 valence electrons. The highest BCUT2D eigenvalue weighted by Crippen LogP contribution is 2.21. The van der Waals surface area contributed by atoms with Gasteiger partial charge in [-0.1, -0.05) is 29.5 Å². The molecule has 1 amide bonds. The van der Waals surface area contributed by atoms with Gasteiger partial charge in [0.2, 0.25) is 5.91 Å². The minimum absolute atomic E-state index is 0.0653. The summed E-state index contributed by atoms with van der Waals surface area (Å²) in [6.45, 7) is 2.38. The zero-order valence-corrected chi connectivity index (χ0v) is 12.3. The van der Waals surface area contributed by atoms with Crippen molar-refractivity contribution in [2.75, 3.05) is 0 Å². The lowest BCUT2D eigenvalue weighted by Crippen LogP contribution is -2.24. The van der Waals surface area contributed by atoms with Gasteiger partial charge in [0, 0.05) is 28.2 Å². The summed E-state index contributed by atoms with van der Waals surface area (Å²) in [5.41, 5.74) is 3.94. The van der Waals surface area contributed by atoms with E-state index in [4.69, 9.17) is 0 Å². The highest BCUT2D eigenvalue weighted by atomic mass is 32.1. The summed E-state index contributed by atoms with van der Waals surface area (Å²) in [6, 6.07) is 6.04. The molecule has 2 heterocycles. The molecule has 0 aliphatic carbocycles. The van der Waals surface area contributed by atoms with Crippen LogP contribution >= 0.6 is 11.3 Å². The fraction of sp³-hybridized carbons (Fsp3) is 0.200. The number of carbonyl (C=O) groups excluding carboxylic acids is 1. The number of thiazole rings is 1. The molecule has 2 aromatic heterocycles. The third-order valence-electron chi connectivity index (χ3n) is 3.41. The molecule has 6 heteroatoms. The zero-order chi connectivity index (χ0) is 14.8. The van der Waals surface area contributed by atoms with Gasteiger partial charge in [-0.25, -0.2) is 0 Å². The van der Waals surface area contributed by atoms with Crippen LogP contribution in [0, 0.1) is 6.92 Å². The Labute approximate surface area is 125 Å². The molecule has 0 aliphatic rings. The Kier molecular flexibility index (Phi) is 3.62. The number of rotatable bonds is 4. The lowest BCUT2D eigenvalue weighted by molar-refractivity contribution is -0.120. The molecule has 0 bridgehead atoms. The SMILES string of the molecule is Cc1cccc2c(CC(=O)NCc3csc(=O)[nH]3)c[nH]c12. The van der Waals surface area contributed by atoms with Gasteiger partial charge in [-0.2, -0.15) is 0 Å². The van der Waals surface area contributed by atoms with E-state index < -0.39 is 0 Å². The predicted octanol–water partition coefficient (Wildman–Crippen LogP) is 2.09. The van der Waals surface area contributed by atoms with E-state index in [2.05, 4.69) is 15.3 Å². The van der Waals surface area contributed by atoms with Gasteiger partial charge in [-0.15, -0.1) is 0 Å². The van der Waals surface area contributed by atoms with Crippen molar-refractivity contribution in [3.8, 4) is 0 Å². The number of benzene rings is 1. The van der Waals surface area contributed by atoms with Gasteiger partial charge in [0.1, 0.15) is 0 Å². The van der Waals surface area contributed by atoms with E-state index in [-0.39, 0.29) is 10.8 Å². The monoisotopic (exact) mass is 301 g/mol. The highest BCUT2D eigenvalue weighted by molar-refractivity contribution is 7.07. The van der Waals surface area contributed by atoms with Crippen LogP contribution in [0.5, 0.6) is 0 Å². The molecular weight excluding hydrogens is 286 g/mol. The van der Waals surface area contributed by atoms with Crippen molar-refractivity contribution >= 4 is 28.1 Å². The molecule has 5 nitrogen and oxygen atoms in total. The molecule has 0 fully saturated rings. The molecule has 3 N–H and O–H groups in total. The van der Waals surface area contributed by atoms with Crippen molar-refractivity contribution < 1.29 is 4.79 Å². The van der Waals surface area contributed by atoms with Gasteiger partial charge < -0.3 is 15.3 Å². The maximum Gasteiger partial charge on any atom is 0.304 e. The quantitative estimate of drug-likeness (QED) is 0.690. The molecule has 0 radical (unpaired) electrons. The van der Waals surface area contributed by atoms with Crippen LogP contribution in [0.3, 0.4) is 0 Å². The van der Waals surface area contributed by atoms with Crippen LogP contribution < -0.4 is 10.2 Å². The Morgan fingerprint density at radius 2 is 2.24 bits per heavy atom. The van der Waals surface area contributed by atoms with Gasteiger partial charge in [-0.3, -0.25) is 9.59 Å². The lowest BCUT2D eigenvalue weighted by atomic mass is 10.1. The molecule has 0 aliphatic heterocycles. The molecule has 21 heavy (non-hydrogen) atoms. The number of aromatic nitrogens is 2. The Bertz CT molecular complexity index is 844. The van der Waals surface area contributed by atoms with Gasteiger partial charge >= 0.3 is 4.87 Å². The fourth-order valence-electron chi connectivity index (χ4n) is 2.34. The number of aromatic amines is 2. The summed E-state index contributed by atoms with van der Waals surface area (Å²) in [5.74, 6) is -0.0653. The normalized spacial score (nSPS) is 10.9. The summed E-state index contributed by atoms with van der Waals surface area (Å²) >= 11 is 1.10. The highest BCUT2D eigenvalue weighted by Gasteiger charge is 2.10. The number of aryl methyl sites for hydroxylation is 1. The Hall–Kier alpha value is -2.34. The van der Waals surface area contributed by atoms with Crippen LogP contribution in [0.4, 0.5) is 0 Å². The summed E-state index contributed by atoms with van der Waals surface area (Å²) in [5, 5.41) is 5.61. The van der Waals surface area contributed by atoms with E-state index in [1.54, 1.807) is 5.38 Å². The standard InChI is InChI=1S/C15H15N3O2S/c1-9-3-2-4-12-10(6-17-14(9)12)5-13(19)16-7-11-8-21-15(20)18-11/h2-4,6,8,17H,5,7H2,1H3,(H,16,19)(H,18,20). The average Bonchev–Trinajstić information content (AvgIpc) is 3.05. The maximum atomic E-state index is 12.0. The first kappa shape index (κ1) is 13.6. The molecule has 1 aromatic carbocycles. The third-order valence-corrected chi connectivity index (χ3v) is 4.13. The number of hydrogen-bond acceptors (Lipinski definition) is 3. The number of nitrogens with one attached hydrogen (secondary N) is 3. The van der Waals surface area contributed by atoms with Gasteiger partial charge in [0.15, 0.2) is 0 Å². The second-order valence-corrected chi connectivity index (χ2v) is 5.78. The molecular formula is C15H15N3O2S. The third kappa shape index (κ3) is 2.90. The second-order valence-electron chi connectivity index (χ2n) is 4.94. The molecule has 0 unspecified atom stereocenters. The van der Waals surface area contributed by atoms with Crippen LogP contribution in [0.1, 0.15) is 16.8 Å². The van der Waals surface area contributed by atoms with Gasteiger partial charge in [0.25, 0.3) is 0 Å². The minimum Gasteiger partial charge on any atom is -0.361 e. The number of fused-ring (bicyclic) bond motifs is 1. The van der Waals surface area contributed by atoms with Crippen molar-refractivity contribution in [2.45, 2.75) is 19.9 Å². The Balaban J connectivity index is 1.69. The van der Waals surface area contributed by atoms with Crippen LogP contribution in [-0.2, 0) is 17.8 Å². The molecule has 0 saturated carbocycles. The maximum absolute atomic E-state index is 12.0. The first-order valence-corrected chi connectivity index (χ1v) is 7.50. The van der Waals surface area contributed by atoms with Crippen molar-refractivity contribution in [1.29, 1.82) is 0 Å². The summed E-state index contributed by atoms with van der Waals surface area (Å²) < 4.78 is 0. The Morgan fingerprint density at radius 3 is 3.00 bits per heavy atom. The van der Waals surface area contributed by atoms with E-state index in [0.717, 1.165) is 39.1 Å². The van der Waals surface area contributed by atoms with E-state index in [1.165, 1.54) is 0 Å². The summed E-state index contributed by atoms with van der Waals surface area (Å²) in [4.78, 5) is 28.8. The van der Waals surface area contributed by atoms with Gasteiger partial charge in [0.05, 0.1) is 13.0 Å². The van der Waals surface area contributed by atoms with Gasteiger partial charge in [-0.05, 0) is 18.1 Å². The minimum atomic E-state index is -0.105. The van der Waals surface area contributed by atoms with Crippen molar-refractivity contribution in [3.05, 3.63) is 56.3 Å². The molecule has 0 spiro atoms. The first-order valence-electron chi connectivity index (χ1n) is 6.62. The molecule has 0 saturated heterocycles. The van der Waals surface area contributed by atoms with Crippen molar-refractivity contribution in [3.63, 3.8) is 0 Å². The van der Waals surface area contributed by atoms with Crippen LogP contribution in [-0.4, -0.2) is 15.9 Å². The lowest BCUT2D eigenvalue weighted by Gasteiger charge is -2.03. The van der Waals surface area contributed by atoms with E-state index in [9.17, 15) is 9.59 Å². The topological polar surface area (TPSA) is 77.8 Å². The first-order chi connectivity index (χ1) is 10.1. The largest absolute Gasteiger partial charge is 0.361 e. The number of amides is 1. The van der Waals surface area contributed by atoms with Crippen molar-refractivity contribution in [2.24, 2.45) is 0 Å². The van der Waals surface area contributed by atoms with Crippen molar-refractivity contribution in [1.82, 2.24) is 15.3 Å². The smallest absolute Gasteiger partial charge is 0.304 e. The Morgan fingerprint density at radius 1 is 1.38 bits per heavy atom. The van der Waals surface area contributed by atoms with E-state index in [1.807, 2.05) is 31.3 Å². The summed E-state index contributed by atoms with van der Waals surface area (Å²) in [6.07, 6.45) is 2.20. The van der Waals surface area contributed by atoms with E-state index >= 15 is 0 Å². The van der Waals surface area contributed by atoms with E-state index in [0.29, 0.717) is 13.0 Å². The van der Waals surface area contributed by atoms with Crippen LogP contribution in [0.2, 0.25) is 0 Å². The number of H-pyrrole nitrogens is 2. The number of para-hydroxylation sites is 1. The van der Waals surface area contributed by atoms with Crippen LogP contribution in [0.25, 0.3) is 10.9 Å². The summed E-state index contributed by atoms with van der Waals surface area (Å²) in [7, 11) is 0. The fourth-order valence-corrected chi connectivity index (χ4v) is 2.92. The predicted molar refractivity (Wildman–Crippen MR) is 83.5 cm³/mol. The molecule has 0 atom stereocenters. The van der Waals surface area contributed by atoms with Crippen LogP contribution in [0.15, 0.2) is 34.6 Å². The second kappa shape index (κ2) is 5.57. The molecule has 3 aromatic rings. The molecule has 3 rings (SSSR count). The average molecular weight is 301 g/mol. The number of carbonyl (C=O) groups is 1. The zero-order valence-electron chi connectivity index (χ0n) is 11.5. The number of hydrogen-bond donors (Lipinski definition) is 3.